The van der Waals surface area contributed by atoms with Gasteiger partial charge in [-0.05, 0) is 56.5 Å². The van der Waals surface area contributed by atoms with Gasteiger partial charge >= 0.3 is 6.18 Å². The molecule has 3 aromatic rings. The van der Waals surface area contributed by atoms with Gasteiger partial charge in [0.15, 0.2) is 11.5 Å². The quantitative estimate of drug-likeness (QED) is 0.474. The van der Waals surface area contributed by atoms with E-state index in [2.05, 4.69) is 6.92 Å². The molecule has 0 aliphatic carbocycles. The Morgan fingerprint density at radius 3 is 2.59 bits per heavy atom. The Bertz CT molecular complexity index is 1240. The van der Waals surface area contributed by atoms with Crippen molar-refractivity contribution in [3.05, 3.63) is 57.9 Å². The number of phenolic OH excluding ortho intramolecular Hbond substituents is 1. The van der Waals surface area contributed by atoms with Crippen LogP contribution in [0.5, 0.6) is 23.0 Å². The van der Waals surface area contributed by atoms with Gasteiger partial charge in [-0.1, -0.05) is 19.1 Å². The third-order valence-corrected chi connectivity index (χ3v) is 5.84. The molecule has 1 N–H and O–H groups in total. The molecule has 182 valence electrons. The van der Waals surface area contributed by atoms with Crippen molar-refractivity contribution in [1.82, 2.24) is 4.90 Å². The molecule has 1 saturated heterocycles. The van der Waals surface area contributed by atoms with E-state index in [9.17, 15) is 23.1 Å². The van der Waals surface area contributed by atoms with Crippen LogP contribution >= 0.6 is 0 Å². The number of aromatic hydroxyl groups is 1. The number of rotatable bonds is 6. The molecule has 2 heterocycles. The summed E-state index contributed by atoms with van der Waals surface area (Å²) in [6.07, 6.45) is -3.00. The van der Waals surface area contributed by atoms with Crippen molar-refractivity contribution in [2.24, 2.45) is 5.92 Å². The number of nitrogens with zero attached hydrogens (tertiary/aromatic N) is 1. The summed E-state index contributed by atoms with van der Waals surface area (Å²) < 4.78 is 58.3. The Hall–Kier alpha value is -3.20. The summed E-state index contributed by atoms with van der Waals surface area (Å²) in [5.41, 5.74) is -1.12. The van der Waals surface area contributed by atoms with E-state index in [1.807, 2.05) is 4.90 Å². The average molecular weight is 477 g/mol. The number of benzene rings is 2. The second-order valence-electron chi connectivity index (χ2n) is 8.49. The van der Waals surface area contributed by atoms with E-state index in [1.165, 1.54) is 24.3 Å². The molecule has 1 aliphatic rings. The maximum absolute atomic E-state index is 14.0. The first kappa shape index (κ1) is 23.9. The smallest absolute Gasteiger partial charge is 0.453 e. The Labute approximate surface area is 194 Å². The van der Waals surface area contributed by atoms with Gasteiger partial charge < -0.3 is 19.0 Å². The minimum atomic E-state index is -5.01. The second-order valence-corrected chi connectivity index (χ2v) is 8.49. The first-order valence-electron chi connectivity index (χ1n) is 11.2. The van der Waals surface area contributed by atoms with Crippen molar-refractivity contribution in [3.8, 4) is 23.0 Å². The number of para-hydroxylation sites is 2. The summed E-state index contributed by atoms with van der Waals surface area (Å²) in [6, 6.07) is 8.69. The van der Waals surface area contributed by atoms with Gasteiger partial charge in [0.25, 0.3) is 5.76 Å². The predicted octanol–water partition coefficient (Wildman–Crippen LogP) is 5.94. The number of hydrogen-bond donors (Lipinski definition) is 1. The zero-order valence-corrected chi connectivity index (χ0v) is 18.9. The molecule has 1 aliphatic heterocycles. The zero-order valence-electron chi connectivity index (χ0n) is 18.9. The van der Waals surface area contributed by atoms with Crippen LogP contribution in [0.15, 0.2) is 45.6 Å². The molecule has 0 saturated carbocycles. The highest BCUT2D eigenvalue weighted by Gasteiger charge is 2.41. The standard InChI is InChI=1S/C25H26F3NO5/c1-3-32-19-8-4-5-9-20(19)33-23-21(31)16-10-11-18(30)17(14-29-12-6-7-15(2)13-29)22(16)34-24(23)25(26,27)28/h4-5,8-11,15,30H,3,6-7,12-14H2,1-2H3/t15-/m0/s1. The molecule has 0 bridgehead atoms. The van der Waals surface area contributed by atoms with Crippen LogP contribution in [0.4, 0.5) is 13.2 Å². The van der Waals surface area contributed by atoms with Crippen molar-refractivity contribution in [3.63, 3.8) is 0 Å². The third-order valence-electron chi connectivity index (χ3n) is 5.84. The maximum atomic E-state index is 14.0. The number of ether oxygens (including phenoxy) is 2. The van der Waals surface area contributed by atoms with Crippen molar-refractivity contribution >= 4 is 11.0 Å². The maximum Gasteiger partial charge on any atom is 0.453 e. The summed E-state index contributed by atoms with van der Waals surface area (Å²) in [4.78, 5) is 15.3. The molecule has 9 heteroatoms. The number of phenols is 1. The molecular weight excluding hydrogens is 451 g/mol. The number of piperidine rings is 1. The molecule has 2 aromatic carbocycles. The molecule has 1 fully saturated rings. The minimum absolute atomic E-state index is 0.0391. The molecule has 0 unspecified atom stereocenters. The highest BCUT2D eigenvalue weighted by molar-refractivity contribution is 5.83. The first-order valence-corrected chi connectivity index (χ1v) is 11.2. The zero-order chi connectivity index (χ0) is 24.5. The van der Waals surface area contributed by atoms with Crippen LogP contribution in [0.3, 0.4) is 0 Å². The molecule has 6 nitrogen and oxygen atoms in total. The predicted molar refractivity (Wildman–Crippen MR) is 121 cm³/mol. The SMILES string of the molecule is CCOc1ccccc1Oc1c(C(F)(F)F)oc2c(CN3CCC[C@H](C)C3)c(O)ccc2c1=O. The molecule has 34 heavy (non-hydrogen) atoms. The minimum Gasteiger partial charge on any atom is -0.507 e. The Morgan fingerprint density at radius 1 is 1.18 bits per heavy atom. The lowest BCUT2D eigenvalue weighted by Gasteiger charge is -2.31. The number of likely N-dealkylation sites (tertiary alicyclic amines) is 1. The van der Waals surface area contributed by atoms with Gasteiger partial charge in [-0.25, -0.2) is 0 Å². The fraction of sp³-hybridized carbons (Fsp3) is 0.400. The fourth-order valence-electron chi connectivity index (χ4n) is 4.29. The van der Waals surface area contributed by atoms with E-state index >= 15 is 0 Å². The van der Waals surface area contributed by atoms with Crippen molar-refractivity contribution in [1.29, 1.82) is 0 Å². The van der Waals surface area contributed by atoms with Gasteiger partial charge in [-0.2, -0.15) is 13.2 Å². The summed E-state index contributed by atoms with van der Waals surface area (Å²) in [5.74, 6) is -2.18. The largest absolute Gasteiger partial charge is 0.507 e. The van der Waals surface area contributed by atoms with Gasteiger partial charge in [-0.3, -0.25) is 9.69 Å². The van der Waals surface area contributed by atoms with Gasteiger partial charge in [0.1, 0.15) is 11.3 Å². The van der Waals surface area contributed by atoms with Crippen LogP contribution < -0.4 is 14.9 Å². The summed E-state index contributed by atoms with van der Waals surface area (Å²) in [7, 11) is 0. The summed E-state index contributed by atoms with van der Waals surface area (Å²) in [5, 5.41) is 10.4. The van der Waals surface area contributed by atoms with Crippen LogP contribution in [0.25, 0.3) is 11.0 Å². The summed E-state index contributed by atoms with van der Waals surface area (Å²) in [6.45, 7) is 5.73. The van der Waals surface area contributed by atoms with E-state index in [4.69, 9.17) is 13.9 Å². The van der Waals surface area contributed by atoms with Crippen LogP contribution in [-0.4, -0.2) is 29.7 Å². The van der Waals surface area contributed by atoms with E-state index < -0.39 is 23.1 Å². The fourth-order valence-corrected chi connectivity index (χ4v) is 4.29. The first-order chi connectivity index (χ1) is 16.2. The van der Waals surface area contributed by atoms with E-state index in [-0.39, 0.29) is 46.9 Å². The van der Waals surface area contributed by atoms with Crippen molar-refractivity contribution < 1.29 is 32.2 Å². The lowest BCUT2D eigenvalue weighted by Crippen LogP contribution is -2.33. The van der Waals surface area contributed by atoms with Crippen molar-refractivity contribution in [2.45, 2.75) is 39.4 Å². The van der Waals surface area contributed by atoms with E-state index in [0.29, 0.717) is 5.92 Å². The van der Waals surface area contributed by atoms with Gasteiger partial charge in [0.05, 0.1) is 17.6 Å². The lowest BCUT2D eigenvalue weighted by molar-refractivity contribution is -0.154. The molecule has 0 radical (unpaired) electrons. The number of hydrogen-bond acceptors (Lipinski definition) is 6. The highest BCUT2D eigenvalue weighted by atomic mass is 19.4. The normalized spacial score (nSPS) is 17.1. The molecule has 0 amide bonds. The van der Waals surface area contributed by atoms with Crippen LogP contribution in [0.1, 0.15) is 38.0 Å². The van der Waals surface area contributed by atoms with Gasteiger partial charge in [0, 0.05) is 13.1 Å². The Balaban J connectivity index is 1.86. The monoisotopic (exact) mass is 477 g/mol. The molecule has 1 atom stereocenters. The van der Waals surface area contributed by atoms with Crippen LogP contribution in [0, 0.1) is 5.92 Å². The molecular formula is C25H26F3NO5. The number of alkyl halides is 3. The van der Waals surface area contributed by atoms with Gasteiger partial charge in [0.2, 0.25) is 11.2 Å². The topological polar surface area (TPSA) is 72.1 Å². The van der Waals surface area contributed by atoms with E-state index in [1.54, 1.807) is 19.1 Å². The average Bonchev–Trinajstić information content (AvgIpc) is 2.78. The van der Waals surface area contributed by atoms with Crippen molar-refractivity contribution in [2.75, 3.05) is 19.7 Å². The molecule has 1 aromatic heterocycles. The summed E-state index contributed by atoms with van der Waals surface area (Å²) >= 11 is 0. The second kappa shape index (κ2) is 9.58. The Kier molecular flexibility index (Phi) is 6.74. The number of halogens is 3. The van der Waals surface area contributed by atoms with E-state index in [0.717, 1.165) is 25.9 Å². The van der Waals surface area contributed by atoms with Crippen LogP contribution in [0.2, 0.25) is 0 Å². The highest BCUT2D eigenvalue weighted by Crippen LogP contribution is 2.41. The third kappa shape index (κ3) is 4.84. The Morgan fingerprint density at radius 2 is 1.91 bits per heavy atom. The van der Waals surface area contributed by atoms with Crippen LogP contribution in [-0.2, 0) is 12.7 Å². The lowest BCUT2D eigenvalue weighted by atomic mass is 9.99. The van der Waals surface area contributed by atoms with Gasteiger partial charge in [-0.15, -0.1) is 0 Å². The number of fused-ring (bicyclic) bond motifs is 1. The molecule has 4 rings (SSSR count). The molecule has 0 spiro atoms.